The summed E-state index contributed by atoms with van der Waals surface area (Å²) in [5.41, 5.74) is 6.43. The molecule has 0 atom stereocenters. The molecule has 5 heteroatoms. The standard InChI is InChI=1S/C12H18N4O/c1-4-17-12(2,3)8-16-11-10(14)5-9(6-13)7-15-11/h5,7H,4,8,14H2,1-3H3,(H,15,16). The molecule has 0 amide bonds. The van der Waals surface area contributed by atoms with E-state index in [4.69, 9.17) is 15.7 Å². The van der Waals surface area contributed by atoms with Crippen molar-refractivity contribution in [3.8, 4) is 6.07 Å². The van der Waals surface area contributed by atoms with Gasteiger partial charge in [0.25, 0.3) is 0 Å². The van der Waals surface area contributed by atoms with Crippen LogP contribution in [0.4, 0.5) is 11.5 Å². The minimum absolute atomic E-state index is 0.281. The monoisotopic (exact) mass is 234 g/mol. The lowest BCUT2D eigenvalue weighted by Gasteiger charge is -2.25. The van der Waals surface area contributed by atoms with Crippen LogP contribution in [0.25, 0.3) is 0 Å². The third-order valence-electron chi connectivity index (χ3n) is 2.26. The van der Waals surface area contributed by atoms with Gasteiger partial charge in [-0.3, -0.25) is 0 Å². The van der Waals surface area contributed by atoms with Crippen molar-refractivity contribution >= 4 is 11.5 Å². The SMILES string of the molecule is CCOC(C)(C)CNc1ncc(C#N)cc1N. The zero-order valence-corrected chi connectivity index (χ0v) is 10.4. The first-order chi connectivity index (χ1) is 7.98. The fourth-order valence-electron chi connectivity index (χ4n) is 1.43. The predicted octanol–water partition coefficient (Wildman–Crippen LogP) is 1.76. The van der Waals surface area contributed by atoms with Gasteiger partial charge in [0.05, 0.1) is 16.9 Å². The fraction of sp³-hybridized carbons (Fsp3) is 0.500. The summed E-state index contributed by atoms with van der Waals surface area (Å²) in [6.45, 7) is 7.19. The summed E-state index contributed by atoms with van der Waals surface area (Å²) in [4.78, 5) is 4.10. The molecule has 1 aromatic rings. The van der Waals surface area contributed by atoms with Gasteiger partial charge in [0.2, 0.25) is 0 Å². The molecule has 5 nitrogen and oxygen atoms in total. The summed E-state index contributed by atoms with van der Waals surface area (Å²) in [6, 6.07) is 3.59. The molecule has 0 bridgehead atoms. The van der Waals surface area contributed by atoms with Crippen molar-refractivity contribution in [1.82, 2.24) is 4.98 Å². The highest BCUT2D eigenvalue weighted by molar-refractivity contribution is 5.63. The van der Waals surface area contributed by atoms with Crippen molar-refractivity contribution < 1.29 is 4.74 Å². The van der Waals surface area contributed by atoms with Gasteiger partial charge >= 0.3 is 0 Å². The van der Waals surface area contributed by atoms with E-state index in [0.29, 0.717) is 30.2 Å². The van der Waals surface area contributed by atoms with Gasteiger partial charge in [0, 0.05) is 19.3 Å². The lowest BCUT2D eigenvalue weighted by Crippen LogP contribution is -2.33. The van der Waals surface area contributed by atoms with Gasteiger partial charge < -0.3 is 15.8 Å². The number of pyridine rings is 1. The Morgan fingerprint density at radius 1 is 1.59 bits per heavy atom. The largest absolute Gasteiger partial charge is 0.396 e. The molecule has 0 radical (unpaired) electrons. The third-order valence-corrected chi connectivity index (χ3v) is 2.26. The quantitative estimate of drug-likeness (QED) is 0.811. The predicted molar refractivity (Wildman–Crippen MR) is 67.6 cm³/mol. The van der Waals surface area contributed by atoms with E-state index < -0.39 is 0 Å². The molecular formula is C12H18N4O. The molecule has 0 spiro atoms. The zero-order chi connectivity index (χ0) is 12.9. The van der Waals surface area contributed by atoms with Crippen LogP contribution >= 0.6 is 0 Å². The minimum atomic E-state index is -0.281. The number of nitrogens with two attached hydrogens (primary N) is 1. The van der Waals surface area contributed by atoms with Crippen molar-refractivity contribution in [3.05, 3.63) is 17.8 Å². The highest BCUT2D eigenvalue weighted by Crippen LogP contribution is 2.18. The van der Waals surface area contributed by atoms with Crippen LogP contribution in [0.5, 0.6) is 0 Å². The number of aromatic nitrogens is 1. The maximum atomic E-state index is 8.70. The number of ether oxygens (including phenoxy) is 1. The molecular weight excluding hydrogens is 216 g/mol. The van der Waals surface area contributed by atoms with Crippen molar-refractivity contribution in [1.29, 1.82) is 5.26 Å². The summed E-state index contributed by atoms with van der Waals surface area (Å²) < 4.78 is 5.55. The molecule has 0 aromatic carbocycles. The molecule has 1 heterocycles. The number of hydrogen-bond donors (Lipinski definition) is 2. The number of anilines is 2. The van der Waals surface area contributed by atoms with E-state index in [9.17, 15) is 0 Å². The summed E-state index contributed by atoms with van der Waals surface area (Å²) in [6.07, 6.45) is 1.49. The Hall–Kier alpha value is -1.80. The summed E-state index contributed by atoms with van der Waals surface area (Å²) in [5.74, 6) is 0.580. The van der Waals surface area contributed by atoms with Gasteiger partial charge in [-0.25, -0.2) is 4.98 Å². The highest BCUT2D eigenvalue weighted by atomic mass is 16.5. The third kappa shape index (κ3) is 3.93. The maximum Gasteiger partial charge on any atom is 0.149 e. The minimum Gasteiger partial charge on any atom is -0.396 e. The van der Waals surface area contributed by atoms with E-state index >= 15 is 0 Å². The Labute approximate surface area is 102 Å². The maximum absolute atomic E-state index is 8.70. The van der Waals surface area contributed by atoms with Crippen LogP contribution in [0, 0.1) is 11.3 Å². The first-order valence-corrected chi connectivity index (χ1v) is 5.52. The second-order valence-corrected chi connectivity index (χ2v) is 4.32. The number of nitrogens with zero attached hydrogens (tertiary/aromatic N) is 2. The molecule has 0 aliphatic rings. The van der Waals surface area contributed by atoms with E-state index in [1.807, 2.05) is 26.8 Å². The van der Waals surface area contributed by atoms with Crippen molar-refractivity contribution in [2.75, 3.05) is 24.2 Å². The number of nitrogens with one attached hydrogen (secondary N) is 1. The number of hydrogen-bond acceptors (Lipinski definition) is 5. The Morgan fingerprint density at radius 3 is 2.82 bits per heavy atom. The zero-order valence-electron chi connectivity index (χ0n) is 10.4. The lowest BCUT2D eigenvalue weighted by molar-refractivity contribution is 0.000655. The normalized spacial score (nSPS) is 10.9. The lowest BCUT2D eigenvalue weighted by atomic mass is 10.1. The van der Waals surface area contributed by atoms with Crippen LogP contribution in [0.2, 0.25) is 0 Å². The first-order valence-electron chi connectivity index (χ1n) is 5.52. The molecule has 0 aliphatic carbocycles. The average molecular weight is 234 g/mol. The molecule has 0 unspecified atom stereocenters. The van der Waals surface area contributed by atoms with Crippen LogP contribution in [0.15, 0.2) is 12.3 Å². The number of nitrogen functional groups attached to an aromatic ring is 1. The molecule has 3 N–H and O–H groups in total. The average Bonchev–Trinajstić information content (AvgIpc) is 2.27. The van der Waals surface area contributed by atoms with Crippen molar-refractivity contribution in [3.63, 3.8) is 0 Å². The Balaban J connectivity index is 2.67. The van der Waals surface area contributed by atoms with E-state index in [1.165, 1.54) is 6.20 Å². The van der Waals surface area contributed by atoms with Crippen LogP contribution in [-0.4, -0.2) is 23.7 Å². The van der Waals surface area contributed by atoms with Crippen molar-refractivity contribution in [2.45, 2.75) is 26.4 Å². The Bertz CT molecular complexity index is 423. The van der Waals surface area contributed by atoms with Gasteiger partial charge in [0.1, 0.15) is 11.9 Å². The molecule has 0 aliphatic heterocycles. The smallest absolute Gasteiger partial charge is 0.149 e. The molecule has 0 saturated carbocycles. The van der Waals surface area contributed by atoms with Crippen LogP contribution in [-0.2, 0) is 4.74 Å². The van der Waals surface area contributed by atoms with Crippen LogP contribution < -0.4 is 11.1 Å². The van der Waals surface area contributed by atoms with Gasteiger partial charge in [-0.2, -0.15) is 5.26 Å². The molecule has 1 rings (SSSR count). The van der Waals surface area contributed by atoms with Gasteiger partial charge in [-0.15, -0.1) is 0 Å². The Morgan fingerprint density at radius 2 is 2.29 bits per heavy atom. The van der Waals surface area contributed by atoms with E-state index in [0.717, 1.165) is 0 Å². The highest BCUT2D eigenvalue weighted by Gasteiger charge is 2.17. The summed E-state index contributed by atoms with van der Waals surface area (Å²) in [5, 5.41) is 11.8. The molecule has 92 valence electrons. The first kappa shape index (κ1) is 13.3. The van der Waals surface area contributed by atoms with Crippen molar-refractivity contribution in [2.24, 2.45) is 0 Å². The molecule has 0 fully saturated rings. The van der Waals surface area contributed by atoms with E-state index in [2.05, 4.69) is 10.3 Å². The van der Waals surface area contributed by atoms with Gasteiger partial charge in [-0.1, -0.05) is 0 Å². The summed E-state index contributed by atoms with van der Waals surface area (Å²) in [7, 11) is 0. The molecule has 1 aromatic heterocycles. The number of nitriles is 1. The molecule has 0 saturated heterocycles. The second-order valence-electron chi connectivity index (χ2n) is 4.32. The van der Waals surface area contributed by atoms with E-state index in [1.54, 1.807) is 6.07 Å². The van der Waals surface area contributed by atoms with E-state index in [-0.39, 0.29) is 5.60 Å². The van der Waals surface area contributed by atoms with Crippen LogP contribution in [0.1, 0.15) is 26.3 Å². The topological polar surface area (TPSA) is 84.0 Å². The Kier molecular flexibility index (Phi) is 4.30. The summed E-state index contributed by atoms with van der Waals surface area (Å²) >= 11 is 0. The van der Waals surface area contributed by atoms with Gasteiger partial charge in [0.15, 0.2) is 0 Å². The van der Waals surface area contributed by atoms with Gasteiger partial charge in [-0.05, 0) is 26.8 Å². The fourth-order valence-corrected chi connectivity index (χ4v) is 1.43. The second kappa shape index (κ2) is 5.51. The van der Waals surface area contributed by atoms with Crippen LogP contribution in [0.3, 0.4) is 0 Å². The molecule has 17 heavy (non-hydrogen) atoms. The number of rotatable bonds is 5.